The molecule has 0 saturated carbocycles. The fraction of sp³-hybridized carbons (Fsp3) is 0.125. The third kappa shape index (κ3) is 2.55. The van der Waals surface area contributed by atoms with Gasteiger partial charge in [0.2, 0.25) is 0 Å². The van der Waals surface area contributed by atoms with Crippen molar-refractivity contribution in [3.05, 3.63) is 48.5 Å². The summed E-state index contributed by atoms with van der Waals surface area (Å²) >= 11 is 1.19. The van der Waals surface area contributed by atoms with E-state index in [-0.39, 0.29) is 11.4 Å². The summed E-state index contributed by atoms with van der Waals surface area (Å²) in [5.41, 5.74) is -0.0332. The van der Waals surface area contributed by atoms with Crippen molar-refractivity contribution < 1.29 is 32.3 Å². The number of carboxylic acids is 1. The predicted molar refractivity (Wildman–Crippen MR) is 81.7 cm³/mol. The van der Waals surface area contributed by atoms with Gasteiger partial charge in [0.05, 0.1) is 11.4 Å². The summed E-state index contributed by atoms with van der Waals surface area (Å²) in [6, 6.07) is 11.9. The topological polar surface area (TPSA) is 57.6 Å². The molecule has 0 radical (unpaired) electrons. The third-order valence-corrected chi connectivity index (χ3v) is 4.70. The first kappa shape index (κ1) is 17.3. The standard InChI is InChI=1S/C16H9F4NO3S/c17-15(18,16(19,20)14(23)24)13(22)21-9-5-1-3-7-11(9)25-12-8-4-2-6-10(12)21/h1-8H,(H,23,24). The molecule has 1 aliphatic rings. The highest BCUT2D eigenvalue weighted by molar-refractivity contribution is 7.99. The van der Waals surface area contributed by atoms with Gasteiger partial charge in [-0.15, -0.1) is 0 Å². The maximum Gasteiger partial charge on any atom is 0.413 e. The number of carbonyl (C=O) groups is 2. The molecule has 1 N–H and O–H groups in total. The molecule has 25 heavy (non-hydrogen) atoms. The zero-order valence-corrected chi connectivity index (χ0v) is 13.1. The highest BCUT2D eigenvalue weighted by atomic mass is 32.2. The lowest BCUT2D eigenvalue weighted by molar-refractivity contribution is -0.220. The molecule has 0 bridgehead atoms. The zero-order chi connectivity index (χ0) is 18.4. The van der Waals surface area contributed by atoms with E-state index in [2.05, 4.69) is 0 Å². The number of amides is 1. The maximum atomic E-state index is 14.1. The van der Waals surface area contributed by atoms with Gasteiger partial charge in [-0.25, -0.2) is 4.79 Å². The second kappa shape index (κ2) is 5.76. The molecule has 0 fully saturated rings. The number of fused-ring (bicyclic) bond motifs is 2. The number of hydrogen-bond acceptors (Lipinski definition) is 3. The summed E-state index contributed by atoms with van der Waals surface area (Å²) in [7, 11) is 0. The van der Waals surface area contributed by atoms with E-state index >= 15 is 0 Å². The van der Waals surface area contributed by atoms with E-state index in [1.807, 2.05) is 0 Å². The van der Waals surface area contributed by atoms with E-state index in [1.165, 1.54) is 36.0 Å². The Kier molecular flexibility index (Phi) is 3.98. The molecule has 1 aliphatic heterocycles. The number of para-hydroxylation sites is 2. The van der Waals surface area contributed by atoms with Crippen LogP contribution in [0.2, 0.25) is 0 Å². The van der Waals surface area contributed by atoms with Crippen molar-refractivity contribution in [2.24, 2.45) is 0 Å². The molecule has 1 heterocycles. The Labute approximate surface area is 143 Å². The van der Waals surface area contributed by atoms with E-state index < -0.39 is 23.7 Å². The first-order valence-electron chi connectivity index (χ1n) is 6.87. The van der Waals surface area contributed by atoms with Gasteiger partial charge in [-0.3, -0.25) is 9.69 Å². The highest BCUT2D eigenvalue weighted by Crippen LogP contribution is 2.50. The Hall–Kier alpha value is -2.55. The fourth-order valence-corrected chi connectivity index (χ4v) is 3.39. The SMILES string of the molecule is O=C(O)C(F)(F)C(F)(F)C(=O)N1c2ccccc2Sc2ccccc21. The Morgan fingerprint density at radius 2 is 1.28 bits per heavy atom. The fourth-order valence-electron chi connectivity index (χ4n) is 2.33. The second-order valence-corrected chi connectivity index (χ2v) is 6.22. The molecule has 0 aromatic heterocycles. The number of rotatable bonds is 3. The summed E-state index contributed by atoms with van der Waals surface area (Å²) in [5, 5.41) is 8.41. The largest absolute Gasteiger partial charge is 0.477 e. The first-order chi connectivity index (χ1) is 11.7. The third-order valence-electron chi connectivity index (χ3n) is 3.57. The van der Waals surface area contributed by atoms with Crippen molar-refractivity contribution in [2.75, 3.05) is 4.90 Å². The molecule has 0 unspecified atom stereocenters. The van der Waals surface area contributed by atoms with E-state index in [0.717, 1.165) is 0 Å². The molecule has 1 amide bonds. The lowest BCUT2D eigenvalue weighted by atomic mass is 10.1. The lowest BCUT2D eigenvalue weighted by Gasteiger charge is -2.34. The molecule has 0 aliphatic carbocycles. The van der Waals surface area contributed by atoms with Crippen LogP contribution in [-0.4, -0.2) is 28.8 Å². The molecule has 2 aromatic rings. The minimum atomic E-state index is -5.54. The van der Waals surface area contributed by atoms with Crippen LogP contribution < -0.4 is 4.90 Å². The lowest BCUT2D eigenvalue weighted by Crippen LogP contribution is -2.56. The van der Waals surface area contributed by atoms with Crippen LogP contribution in [0.1, 0.15) is 0 Å². The summed E-state index contributed by atoms with van der Waals surface area (Å²) in [4.78, 5) is 24.1. The van der Waals surface area contributed by atoms with Gasteiger partial charge in [0.15, 0.2) is 0 Å². The van der Waals surface area contributed by atoms with Crippen molar-refractivity contribution in [1.29, 1.82) is 0 Å². The van der Waals surface area contributed by atoms with Gasteiger partial charge < -0.3 is 5.11 Å². The molecular formula is C16H9F4NO3S. The minimum absolute atomic E-state index is 0.0166. The number of aliphatic carboxylic acids is 1. The van der Waals surface area contributed by atoms with Crippen LogP contribution in [-0.2, 0) is 9.59 Å². The normalized spacial score (nSPS) is 13.8. The molecule has 2 aromatic carbocycles. The Bertz CT molecular complexity index is 826. The van der Waals surface area contributed by atoms with E-state index in [4.69, 9.17) is 5.11 Å². The van der Waals surface area contributed by atoms with E-state index in [9.17, 15) is 27.2 Å². The van der Waals surface area contributed by atoms with Gasteiger partial charge in [0, 0.05) is 9.79 Å². The number of carbonyl (C=O) groups excluding carboxylic acids is 1. The molecule has 4 nitrogen and oxygen atoms in total. The number of alkyl halides is 4. The molecule has 0 saturated heterocycles. The zero-order valence-electron chi connectivity index (χ0n) is 12.2. The number of carboxylic acid groups (broad SMARTS) is 1. The summed E-state index contributed by atoms with van der Waals surface area (Å²) < 4.78 is 55.1. The van der Waals surface area contributed by atoms with Crippen molar-refractivity contribution in [3.63, 3.8) is 0 Å². The first-order valence-corrected chi connectivity index (χ1v) is 7.69. The maximum absolute atomic E-state index is 14.1. The summed E-state index contributed by atoms with van der Waals surface area (Å²) in [6.07, 6.45) is 0. The van der Waals surface area contributed by atoms with Gasteiger partial charge in [0.1, 0.15) is 0 Å². The number of halogens is 4. The van der Waals surface area contributed by atoms with Crippen LogP contribution in [0.15, 0.2) is 58.3 Å². The molecule has 130 valence electrons. The van der Waals surface area contributed by atoms with Crippen LogP contribution in [0.3, 0.4) is 0 Å². The smallest absolute Gasteiger partial charge is 0.413 e. The number of anilines is 2. The minimum Gasteiger partial charge on any atom is -0.477 e. The Morgan fingerprint density at radius 3 is 1.72 bits per heavy atom. The Morgan fingerprint density at radius 1 is 0.840 bits per heavy atom. The van der Waals surface area contributed by atoms with Crippen LogP contribution in [0.4, 0.5) is 28.9 Å². The molecule has 9 heteroatoms. The van der Waals surface area contributed by atoms with Gasteiger partial charge in [-0.2, -0.15) is 17.6 Å². The molecular weight excluding hydrogens is 362 g/mol. The van der Waals surface area contributed by atoms with Crippen LogP contribution in [0.5, 0.6) is 0 Å². The van der Waals surface area contributed by atoms with Gasteiger partial charge in [0.25, 0.3) is 0 Å². The number of benzene rings is 2. The van der Waals surface area contributed by atoms with E-state index in [1.54, 1.807) is 24.3 Å². The van der Waals surface area contributed by atoms with Crippen molar-refractivity contribution >= 4 is 35.0 Å². The predicted octanol–water partition coefficient (Wildman–Crippen LogP) is 4.17. The van der Waals surface area contributed by atoms with Crippen LogP contribution in [0, 0.1) is 0 Å². The average molecular weight is 371 g/mol. The highest BCUT2D eigenvalue weighted by Gasteiger charge is 2.69. The molecule has 0 atom stereocenters. The Balaban J connectivity index is 2.17. The summed E-state index contributed by atoms with van der Waals surface area (Å²) in [6.45, 7) is 0. The molecule has 3 rings (SSSR count). The summed E-state index contributed by atoms with van der Waals surface area (Å²) in [5.74, 6) is -16.3. The van der Waals surface area contributed by atoms with Crippen molar-refractivity contribution in [1.82, 2.24) is 0 Å². The number of hydrogen-bond donors (Lipinski definition) is 1. The monoisotopic (exact) mass is 371 g/mol. The molecule has 0 spiro atoms. The van der Waals surface area contributed by atoms with Crippen molar-refractivity contribution in [3.8, 4) is 0 Å². The van der Waals surface area contributed by atoms with Gasteiger partial charge in [-0.05, 0) is 24.3 Å². The average Bonchev–Trinajstić information content (AvgIpc) is 2.58. The quantitative estimate of drug-likeness (QED) is 0.823. The number of nitrogens with zero attached hydrogens (tertiary/aromatic N) is 1. The van der Waals surface area contributed by atoms with Gasteiger partial charge in [-0.1, -0.05) is 36.0 Å². The van der Waals surface area contributed by atoms with Crippen LogP contribution in [0.25, 0.3) is 0 Å². The second-order valence-electron chi connectivity index (χ2n) is 5.13. The van der Waals surface area contributed by atoms with Crippen molar-refractivity contribution in [2.45, 2.75) is 21.6 Å². The van der Waals surface area contributed by atoms with E-state index in [0.29, 0.717) is 14.7 Å². The van der Waals surface area contributed by atoms with Crippen LogP contribution >= 0.6 is 11.8 Å². The van der Waals surface area contributed by atoms with Gasteiger partial charge >= 0.3 is 23.7 Å².